The van der Waals surface area contributed by atoms with E-state index in [-0.39, 0.29) is 5.97 Å². The summed E-state index contributed by atoms with van der Waals surface area (Å²) in [6.07, 6.45) is 4.12. The van der Waals surface area contributed by atoms with E-state index in [2.05, 4.69) is 32.0 Å². The van der Waals surface area contributed by atoms with Crippen LogP contribution in [0.15, 0.2) is 66.4 Å². The van der Waals surface area contributed by atoms with E-state index in [0.29, 0.717) is 25.3 Å². The molecule has 30 heavy (non-hydrogen) atoms. The number of anilines is 1. The molecule has 3 aromatic heterocycles. The molecule has 0 aliphatic heterocycles. The van der Waals surface area contributed by atoms with Gasteiger partial charge in [-0.15, -0.1) is 11.3 Å². The number of rotatable bonds is 8. The highest BCUT2D eigenvalue weighted by Gasteiger charge is 2.22. The van der Waals surface area contributed by atoms with Crippen LogP contribution in [0.4, 0.5) is 5.82 Å². The third kappa shape index (κ3) is 4.46. The summed E-state index contributed by atoms with van der Waals surface area (Å²) in [5, 5.41) is 2.55. The second-order valence-electron chi connectivity index (χ2n) is 6.73. The normalized spacial score (nSPS) is 10.8. The monoisotopic (exact) mass is 418 g/mol. The second kappa shape index (κ2) is 9.45. The van der Waals surface area contributed by atoms with Gasteiger partial charge in [-0.3, -0.25) is 4.98 Å². The maximum atomic E-state index is 12.5. The summed E-state index contributed by atoms with van der Waals surface area (Å²) in [4.78, 5) is 28.9. The van der Waals surface area contributed by atoms with Crippen molar-refractivity contribution in [1.82, 2.24) is 15.0 Å². The fourth-order valence-corrected chi connectivity index (χ4v) is 4.19. The van der Waals surface area contributed by atoms with Crippen molar-refractivity contribution in [2.24, 2.45) is 0 Å². The molecule has 0 atom stereocenters. The molecule has 6 nitrogen and oxygen atoms in total. The van der Waals surface area contributed by atoms with Crippen molar-refractivity contribution in [3.63, 3.8) is 0 Å². The summed E-state index contributed by atoms with van der Waals surface area (Å²) >= 11 is 1.43. The average molecular weight is 419 g/mol. The van der Waals surface area contributed by atoms with Crippen molar-refractivity contribution in [2.45, 2.75) is 19.9 Å². The molecule has 4 aromatic rings. The van der Waals surface area contributed by atoms with Crippen molar-refractivity contribution in [1.29, 1.82) is 0 Å². The molecule has 152 valence electrons. The first kappa shape index (κ1) is 20.0. The number of benzene rings is 1. The maximum Gasteiger partial charge on any atom is 0.339 e. The van der Waals surface area contributed by atoms with E-state index in [1.54, 1.807) is 24.8 Å². The predicted octanol–water partition coefficient (Wildman–Crippen LogP) is 4.51. The molecule has 0 bridgehead atoms. The number of carbonyl (C=O) groups excluding carboxylic acids is 1. The molecule has 7 heteroatoms. The molecule has 0 radical (unpaired) electrons. The zero-order valence-corrected chi connectivity index (χ0v) is 17.5. The lowest BCUT2D eigenvalue weighted by Crippen LogP contribution is -2.27. The summed E-state index contributed by atoms with van der Waals surface area (Å²) < 4.78 is 5.26. The molecule has 0 amide bonds. The molecule has 0 aliphatic carbocycles. The predicted molar refractivity (Wildman–Crippen MR) is 119 cm³/mol. The minimum absolute atomic E-state index is 0.326. The molecule has 0 unspecified atom stereocenters. The lowest BCUT2D eigenvalue weighted by molar-refractivity contribution is 0.0529. The van der Waals surface area contributed by atoms with Crippen molar-refractivity contribution >= 4 is 33.3 Å². The molecule has 0 aliphatic rings. The third-order valence-corrected chi connectivity index (χ3v) is 5.61. The Morgan fingerprint density at radius 3 is 2.67 bits per heavy atom. The molecule has 0 saturated carbocycles. The van der Waals surface area contributed by atoms with Crippen LogP contribution in [-0.4, -0.2) is 34.1 Å². The summed E-state index contributed by atoms with van der Waals surface area (Å²) in [5.41, 5.74) is 2.69. The molecule has 0 saturated heterocycles. The molecule has 0 spiro atoms. The maximum absolute atomic E-state index is 12.5. The van der Waals surface area contributed by atoms with Gasteiger partial charge in [0.25, 0.3) is 0 Å². The van der Waals surface area contributed by atoms with Gasteiger partial charge in [-0.25, -0.2) is 14.8 Å². The minimum Gasteiger partial charge on any atom is -0.462 e. The second-order valence-corrected chi connectivity index (χ2v) is 7.58. The van der Waals surface area contributed by atoms with Crippen LogP contribution in [0.2, 0.25) is 0 Å². The van der Waals surface area contributed by atoms with Crippen molar-refractivity contribution in [3.8, 4) is 0 Å². The van der Waals surface area contributed by atoms with Crippen LogP contribution in [-0.2, 0) is 17.7 Å². The van der Waals surface area contributed by atoms with Gasteiger partial charge in [0.05, 0.1) is 17.6 Å². The summed E-state index contributed by atoms with van der Waals surface area (Å²) in [6, 6.07) is 16.2. The van der Waals surface area contributed by atoms with Gasteiger partial charge in [0.2, 0.25) is 0 Å². The number of pyridine rings is 1. The quantitative estimate of drug-likeness (QED) is 0.392. The number of hydrogen-bond acceptors (Lipinski definition) is 7. The van der Waals surface area contributed by atoms with Gasteiger partial charge >= 0.3 is 5.97 Å². The van der Waals surface area contributed by atoms with Gasteiger partial charge in [0.1, 0.15) is 17.0 Å². The Kier molecular flexibility index (Phi) is 6.29. The molecule has 1 aromatic carbocycles. The van der Waals surface area contributed by atoms with Gasteiger partial charge in [0, 0.05) is 36.8 Å². The highest BCUT2D eigenvalue weighted by Crippen LogP contribution is 2.32. The van der Waals surface area contributed by atoms with Gasteiger partial charge < -0.3 is 9.64 Å². The molecular formula is C23H22N4O2S. The minimum atomic E-state index is -0.343. The molecule has 0 N–H and O–H groups in total. The van der Waals surface area contributed by atoms with Gasteiger partial charge in [0.15, 0.2) is 0 Å². The van der Waals surface area contributed by atoms with Crippen LogP contribution in [0, 0.1) is 0 Å². The zero-order chi connectivity index (χ0) is 20.8. The highest BCUT2D eigenvalue weighted by atomic mass is 32.1. The van der Waals surface area contributed by atoms with Crippen LogP contribution < -0.4 is 4.90 Å². The lowest BCUT2D eigenvalue weighted by Gasteiger charge is -2.24. The van der Waals surface area contributed by atoms with E-state index in [1.807, 2.05) is 36.4 Å². The molecular weight excluding hydrogens is 396 g/mol. The van der Waals surface area contributed by atoms with Crippen LogP contribution in [0.1, 0.15) is 28.5 Å². The Labute approximate surface area is 179 Å². The number of ether oxygens (including phenoxy) is 1. The van der Waals surface area contributed by atoms with Crippen LogP contribution in [0.25, 0.3) is 10.2 Å². The Morgan fingerprint density at radius 2 is 1.90 bits per heavy atom. The van der Waals surface area contributed by atoms with Crippen molar-refractivity contribution in [3.05, 3.63) is 83.3 Å². The fourth-order valence-electron chi connectivity index (χ4n) is 3.32. The Hall–Kier alpha value is -3.32. The summed E-state index contributed by atoms with van der Waals surface area (Å²) in [7, 11) is 0. The lowest BCUT2D eigenvalue weighted by atomic mass is 10.1. The van der Waals surface area contributed by atoms with E-state index >= 15 is 0 Å². The van der Waals surface area contributed by atoms with Crippen LogP contribution in [0.3, 0.4) is 0 Å². The summed E-state index contributed by atoms with van der Waals surface area (Å²) in [5.74, 6) is 0.397. The molecule has 4 rings (SSSR count). The number of aromatic nitrogens is 3. The Bertz CT molecular complexity index is 1120. The summed E-state index contributed by atoms with van der Waals surface area (Å²) in [6.45, 7) is 3.50. The number of fused-ring (bicyclic) bond motifs is 1. The number of nitrogens with zero attached hydrogens (tertiary/aromatic N) is 4. The number of esters is 1. The zero-order valence-electron chi connectivity index (χ0n) is 16.7. The first-order chi connectivity index (χ1) is 14.8. The van der Waals surface area contributed by atoms with Crippen molar-refractivity contribution in [2.75, 3.05) is 18.1 Å². The van der Waals surface area contributed by atoms with Crippen LogP contribution >= 0.6 is 11.3 Å². The van der Waals surface area contributed by atoms with E-state index in [4.69, 9.17) is 4.74 Å². The first-order valence-corrected chi connectivity index (χ1v) is 10.7. The number of thiophene rings is 1. The third-order valence-electron chi connectivity index (χ3n) is 4.73. The van der Waals surface area contributed by atoms with Crippen LogP contribution in [0.5, 0.6) is 0 Å². The molecule has 3 heterocycles. The highest BCUT2D eigenvalue weighted by molar-refractivity contribution is 7.17. The largest absolute Gasteiger partial charge is 0.462 e. The van der Waals surface area contributed by atoms with Gasteiger partial charge in [-0.05, 0) is 24.6 Å². The number of hydrogen-bond donors (Lipinski definition) is 0. The van der Waals surface area contributed by atoms with E-state index < -0.39 is 0 Å². The van der Waals surface area contributed by atoms with E-state index in [0.717, 1.165) is 33.7 Å². The Morgan fingerprint density at radius 1 is 1.07 bits per heavy atom. The molecule has 0 fully saturated rings. The van der Waals surface area contributed by atoms with Gasteiger partial charge in [-0.2, -0.15) is 0 Å². The first-order valence-electron chi connectivity index (χ1n) is 9.84. The topological polar surface area (TPSA) is 68.2 Å². The fraction of sp³-hybridized carbons (Fsp3) is 0.217. The smallest absolute Gasteiger partial charge is 0.339 e. The van der Waals surface area contributed by atoms with E-state index in [1.165, 1.54) is 11.3 Å². The van der Waals surface area contributed by atoms with E-state index in [9.17, 15) is 4.79 Å². The Balaban J connectivity index is 1.72. The van der Waals surface area contributed by atoms with Crippen molar-refractivity contribution < 1.29 is 9.53 Å². The SMILES string of the molecule is CCOC(=O)c1csc2ncnc(N(CCc3ccccn3)Cc3ccccc3)c12. The number of carbonyl (C=O) groups is 1. The van der Waals surface area contributed by atoms with Gasteiger partial charge in [-0.1, -0.05) is 36.4 Å². The average Bonchev–Trinajstić information content (AvgIpc) is 3.23. The standard InChI is InChI=1S/C23H22N4O2S/c1-2-29-23(28)19-15-30-22-20(19)21(25-16-26-22)27(14-17-8-4-3-5-9-17)13-11-18-10-6-7-12-24-18/h3-10,12,15-16H,2,11,13-14H2,1H3.